The third-order valence-corrected chi connectivity index (χ3v) is 3.36. The molecule has 5 heteroatoms. The standard InChI is InChI=1S/C16H13BrO4/c1-10(18)14(16(19)20-2)9-13-7-8-15(21-13)11-3-5-12(17)6-4-11/h3-9H,1-2H3. The van der Waals surface area contributed by atoms with Crippen LogP contribution in [0.5, 0.6) is 0 Å². The molecule has 1 aromatic heterocycles. The maximum Gasteiger partial charge on any atom is 0.341 e. The molecule has 108 valence electrons. The van der Waals surface area contributed by atoms with Gasteiger partial charge in [0.25, 0.3) is 0 Å². The smallest absolute Gasteiger partial charge is 0.341 e. The first-order valence-electron chi connectivity index (χ1n) is 6.18. The Morgan fingerprint density at radius 1 is 1.14 bits per heavy atom. The molecular weight excluding hydrogens is 336 g/mol. The minimum Gasteiger partial charge on any atom is -0.465 e. The highest BCUT2D eigenvalue weighted by Gasteiger charge is 2.16. The molecule has 0 fully saturated rings. The van der Waals surface area contributed by atoms with Crippen LogP contribution in [0.4, 0.5) is 0 Å². The fourth-order valence-corrected chi connectivity index (χ4v) is 2.02. The van der Waals surface area contributed by atoms with Gasteiger partial charge in [-0.15, -0.1) is 0 Å². The number of methoxy groups -OCH3 is 1. The van der Waals surface area contributed by atoms with Crippen molar-refractivity contribution < 1.29 is 18.7 Å². The highest BCUT2D eigenvalue weighted by Crippen LogP contribution is 2.25. The number of furan rings is 1. The lowest BCUT2D eigenvalue weighted by molar-refractivity contribution is -0.137. The first kappa shape index (κ1) is 15.3. The summed E-state index contributed by atoms with van der Waals surface area (Å²) in [5.41, 5.74) is 0.856. The number of rotatable bonds is 4. The molecular formula is C16H13BrO4. The van der Waals surface area contributed by atoms with Crippen LogP contribution in [0.25, 0.3) is 17.4 Å². The number of ether oxygens (including phenoxy) is 1. The van der Waals surface area contributed by atoms with E-state index in [0.29, 0.717) is 11.5 Å². The summed E-state index contributed by atoms with van der Waals surface area (Å²) < 4.78 is 11.2. The van der Waals surface area contributed by atoms with Gasteiger partial charge in [-0.2, -0.15) is 0 Å². The molecule has 0 saturated carbocycles. The van der Waals surface area contributed by atoms with Gasteiger partial charge in [-0.3, -0.25) is 4.79 Å². The molecule has 0 bridgehead atoms. The van der Waals surface area contributed by atoms with Gasteiger partial charge < -0.3 is 9.15 Å². The molecule has 0 aliphatic heterocycles. The van der Waals surface area contributed by atoms with Crippen LogP contribution in [-0.2, 0) is 14.3 Å². The summed E-state index contributed by atoms with van der Waals surface area (Å²) in [7, 11) is 1.23. The fraction of sp³-hybridized carbons (Fsp3) is 0.125. The molecule has 0 aliphatic rings. The van der Waals surface area contributed by atoms with Crippen molar-refractivity contribution in [3.8, 4) is 11.3 Å². The minimum atomic E-state index is -0.677. The predicted octanol–water partition coefficient (Wildman–Crippen LogP) is 3.85. The van der Waals surface area contributed by atoms with E-state index in [1.165, 1.54) is 20.1 Å². The molecule has 0 radical (unpaired) electrons. The van der Waals surface area contributed by atoms with Crippen molar-refractivity contribution in [3.05, 3.63) is 52.2 Å². The van der Waals surface area contributed by atoms with Gasteiger partial charge in [0.15, 0.2) is 5.78 Å². The van der Waals surface area contributed by atoms with Gasteiger partial charge in [0.2, 0.25) is 0 Å². The van der Waals surface area contributed by atoms with Crippen molar-refractivity contribution in [2.45, 2.75) is 6.92 Å². The van der Waals surface area contributed by atoms with Gasteiger partial charge in [-0.1, -0.05) is 28.1 Å². The Balaban J connectivity index is 2.32. The van der Waals surface area contributed by atoms with Crippen LogP contribution in [0, 0.1) is 0 Å². The molecule has 21 heavy (non-hydrogen) atoms. The van der Waals surface area contributed by atoms with Gasteiger partial charge in [0, 0.05) is 10.0 Å². The van der Waals surface area contributed by atoms with E-state index in [4.69, 9.17) is 4.42 Å². The van der Waals surface area contributed by atoms with Crippen LogP contribution in [-0.4, -0.2) is 18.9 Å². The van der Waals surface area contributed by atoms with Crippen molar-refractivity contribution in [2.75, 3.05) is 7.11 Å². The number of Topliss-reactive ketones (excluding diaryl/α,β-unsaturated/α-hetero) is 1. The zero-order valence-electron chi connectivity index (χ0n) is 11.6. The largest absolute Gasteiger partial charge is 0.465 e. The topological polar surface area (TPSA) is 56.5 Å². The van der Waals surface area contributed by atoms with E-state index in [0.717, 1.165) is 10.0 Å². The van der Waals surface area contributed by atoms with Crippen molar-refractivity contribution in [3.63, 3.8) is 0 Å². The van der Waals surface area contributed by atoms with Gasteiger partial charge >= 0.3 is 5.97 Å². The van der Waals surface area contributed by atoms with Gasteiger partial charge in [-0.05, 0) is 37.3 Å². The summed E-state index contributed by atoms with van der Waals surface area (Å²) >= 11 is 3.37. The summed E-state index contributed by atoms with van der Waals surface area (Å²) in [6.07, 6.45) is 1.39. The van der Waals surface area contributed by atoms with E-state index >= 15 is 0 Å². The third kappa shape index (κ3) is 3.70. The van der Waals surface area contributed by atoms with E-state index < -0.39 is 5.97 Å². The zero-order valence-corrected chi connectivity index (χ0v) is 13.1. The summed E-state index contributed by atoms with van der Waals surface area (Å²) in [4.78, 5) is 23.0. The van der Waals surface area contributed by atoms with Gasteiger partial charge in [0.05, 0.1) is 7.11 Å². The quantitative estimate of drug-likeness (QED) is 0.364. The molecule has 0 atom stereocenters. The lowest BCUT2D eigenvalue weighted by atomic mass is 10.1. The Morgan fingerprint density at radius 3 is 2.38 bits per heavy atom. The monoisotopic (exact) mass is 348 g/mol. The Kier molecular flexibility index (Phi) is 4.75. The van der Waals surface area contributed by atoms with Crippen LogP contribution in [0.15, 0.2) is 50.9 Å². The first-order valence-corrected chi connectivity index (χ1v) is 6.97. The fourth-order valence-electron chi connectivity index (χ4n) is 1.76. The summed E-state index contributed by atoms with van der Waals surface area (Å²) in [6.45, 7) is 1.31. The number of ketones is 1. The first-order chi connectivity index (χ1) is 10.0. The third-order valence-electron chi connectivity index (χ3n) is 2.83. The molecule has 0 saturated heterocycles. The molecule has 0 spiro atoms. The van der Waals surface area contributed by atoms with Gasteiger partial charge in [-0.25, -0.2) is 4.79 Å². The highest BCUT2D eigenvalue weighted by atomic mass is 79.9. The number of hydrogen-bond donors (Lipinski definition) is 0. The summed E-state index contributed by atoms with van der Waals surface area (Å²) in [6, 6.07) is 11.1. The summed E-state index contributed by atoms with van der Waals surface area (Å²) in [5.74, 6) is 0.0255. The van der Waals surface area contributed by atoms with Crippen molar-refractivity contribution in [1.29, 1.82) is 0 Å². The minimum absolute atomic E-state index is 0.0470. The molecule has 1 heterocycles. The molecule has 2 aromatic rings. The normalized spacial score (nSPS) is 11.3. The maximum absolute atomic E-state index is 11.5. The highest BCUT2D eigenvalue weighted by molar-refractivity contribution is 9.10. The van der Waals surface area contributed by atoms with E-state index in [1.807, 2.05) is 24.3 Å². The number of halogens is 1. The van der Waals surface area contributed by atoms with E-state index in [2.05, 4.69) is 20.7 Å². The van der Waals surface area contributed by atoms with Crippen LogP contribution < -0.4 is 0 Å². The molecule has 0 amide bonds. The Bertz CT molecular complexity index is 695. The maximum atomic E-state index is 11.5. The lowest BCUT2D eigenvalue weighted by Gasteiger charge is -2.00. The second kappa shape index (κ2) is 6.54. The summed E-state index contributed by atoms with van der Waals surface area (Å²) in [5, 5.41) is 0. The number of esters is 1. The molecule has 0 unspecified atom stereocenters. The van der Waals surface area contributed by atoms with Crippen LogP contribution in [0.3, 0.4) is 0 Å². The number of benzene rings is 1. The molecule has 0 N–H and O–H groups in total. The van der Waals surface area contributed by atoms with Crippen LogP contribution in [0.1, 0.15) is 12.7 Å². The van der Waals surface area contributed by atoms with Crippen LogP contribution >= 0.6 is 15.9 Å². The molecule has 2 rings (SSSR count). The number of carbonyl (C=O) groups is 2. The molecule has 4 nitrogen and oxygen atoms in total. The van der Waals surface area contributed by atoms with Crippen LogP contribution in [0.2, 0.25) is 0 Å². The Hall–Kier alpha value is -2.14. The van der Waals surface area contributed by atoms with E-state index in [9.17, 15) is 9.59 Å². The average molecular weight is 349 g/mol. The second-order valence-corrected chi connectivity index (χ2v) is 5.23. The molecule has 1 aromatic carbocycles. The van der Waals surface area contributed by atoms with E-state index in [1.54, 1.807) is 12.1 Å². The number of hydrogen-bond acceptors (Lipinski definition) is 4. The van der Waals surface area contributed by atoms with E-state index in [-0.39, 0.29) is 11.4 Å². The lowest BCUT2D eigenvalue weighted by Crippen LogP contribution is -2.11. The Morgan fingerprint density at radius 2 is 1.81 bits per heavy atom. The SMILES string of the molecule is COC(=O)C(=Cc1ccc(-c2ccc(Br)cc2)o1)C(C)=O. The van der Waals surface area contributed by atoms with Gasteiger partial charge in [0.1, 0.15) is 17.1 Å². The molecule has 0 aliphatic carbocycles. The number of carbonyl (C=O) groups excluding carboxylic acids is 2. The average Bonchev–Trinajstić information content (AvgIpc) is 2.93. The van der Waals surface area contributed by atoms with Crippen molar-refractivity contribution in [2.24, 2.45) is 0 Å². The second-order valence-electron chi connectivity index (χ2n) is 4.31. The zero-order chi connectivity index (χ0) is 15.4. The van der Waals surface area contributed by atoms with Crippen molar-refractivity contribution >= 4 is 33.8 Å². The Labute approximate surface area is 130 Å². The predicted molar refractivity (Wildman–Crippen MR) is 82.5 cm³/mol. The van der Waals surface area contributed by atoms with Crippen molar-refractivity contribution in [1.82, 2.24) is 0 Å².